The smallest absolute Gasteiger partial charge is 0.0596 e. The Kier molecular flexibility index (Phi) is 5.15. The molecular formula is C15H27N3. The lowest BCUT2D eigenvalue weighted by molar-refractivity contribution is 0.363. The summed E-state index contributed by atoms with van der Waals surface area (Å²) in [6.45, 7) is 16.6. The number of aryl methyl sites for hydroxylation is 2. The zero-order valence-corrected chi connectivity index (χ0v) is 12.5. The molecule has 0 saturated heterocycles. The minimum atomic E-state index is 0.0731. The maximum atomic E-state index is 4.50. The molecule has 0 aliphatic carbocycles. The second-order valence-electron chi connectivity index (χ2n) is 5.66. The molecule has 18 heavy (non-hydrogen) atoms. The van der Waals surface area contributed by atoms with Crippen molar-refractivity contribution in [3.8, 4) is 0 Å². The van der Waals surface area contributed by atoms with Crippen LogP contribution in [0.25, 0.3) is 0 Å². The lowest BCUT2D eigenvalue weighted by atomic mass is 9.85. The van der Waals surface area contributed by atoms with Gasteiger partial charge in [0.2, 0.25) is 0 Å². The monoisotopic (exact) mass is 249 g/mol. The molecule has 1 atom stereocenters. The van der Waals surface area contributed by atoms with Crippen LogP contribution >= 0.6 is 0 Å². The largest absolute Gasteiger partial charge is 0.314 e. The first-order valence-electron chi connectivity index (χ1n) is 6.80. The summed E-state index contributed by atoms with van der Waals surface area (Å²) in [5.74, 6) is 0. The molecule has 1 N–H and O–H groups in total. The van der Waals surface area contributed by atoms with Gasteiger partial charge in [0, 0.05) is 30.2 Å². The molecule has 0 amide bonds. The van der Waals surface area contributed by atoms with E-state index < -0.39 is 0 Å². The minimum absolute atomic E-state index is 0.0731. The van der Waals surface area contributed by atoms with Crippen LogP contribution in [0.1, 0.15) is 39.1 Å². The molecule has 0 aliphatic heterocycles. The van der Waals surface area contributed by atoms with Crippen LogP contribution in [-0.4, -0.2) is 22.4 Å². The Hall–Kier alpha value is -1.09. The molecular weight excluding hydrogens is 222 g/mol. The fourth-order valence-corrected chi connectivity index (χ4v) is 2.07. The third-order valence-electron chi connectivity index (χ3n) is 3.28. The van der Waals surface area contributed by atoms with Crippen LogP contribution in [0.5, 0.6) is 0 Å². The van der Waals surface area contributed by atoms with Crippen LogP contribution in [0.3, 0.4) is 0 Å². The van der Waals surface area contributed by atoms with Crippen LogP contribution in [0.4, 0.5) is 0 Å². The van der Waals surface area contributed by atoms with E-state index >= 15 is 0 Å². The Bertz CT molecular complexity index is 392. The van der Waals surface area contributed by atoms with Crippen LogP contribution in [-0.2, 0) is 13.0 Å². The normalized spacial score (nSPS) is 14.8. The molecule has 0 radical (unpaired) electrons. The summed E-state index contributed by atoms with van der Waals surface area (Å²) < 4.78 is 2.09. The second kappa shape index (κ2) is 6.19. The van der Waals surface area contributed by atoms with Crippen molar-refractivity contribution in [1.82, 2.24) is 15.1 Å². The van der Waals surface area contributed by atoms with Crippen LogP contribution < -0.4 is 5.32 Å². The molecule has 0 bridgehead atoms. The van der Waals surface area contributed by atoms with Gasteiger partial charge >= 0.3 is 0 Å². The van der Waals surface area contributed by atoms with E-state index in [1.807, 2.05) is 6.92 Å². The first-order chi connectivity index (χ1) is 8.40. The van der Waals surface area contributed by atoms with Crippen molar-refractivity contribution in [3.05, 3.63) is 30.1 Å². The van der Waals surface area contributed by atoms with Gasteiger partial charge in [-0.25, -0.2) is 0 Å². The Labute approximate surface area is 111 Å². The first-order valence-corrected chi connectivity index (χ1v) is 6.80. The molecule has 1 unspecified atom stereocenters. The van der Waals surface area contributed by atoms with Crippen molar-refractivity contribution in [3.63, 3.8) is 0 Å². The number of rotatable bonds is 7. The number of hydrogen-bond acceptors (Lipinski definition) is 2. The molecule has 0 aromatic carbocycles. The van der Waals surface area contributed by atoms with Gasteiger partial charge in [0.1, 0.15) is 0 Å². The third-order valence-corrected chi connectivity index (χ3v) is 3.28. The standard InChI is InChI=1S/C15H27N3/c1-7-15(6,11-16-12(3)4)10-14-9-13(5)17-18(14)8-2/h7,9,12,16H,1,8,10-11H2,2-6H3. The Balaban J connectivity index is 2.80. The summed E-state index contributed by atoms with van der Waals surface area (Å²) in [4.78, 5) is 0. The van der Waals surface area contributed by atoms with Gasteiger partial charge in [-0.1, -0.05) is 26.8 Å². The van der Waals surface area contributed by atoms with Crippen LogP contribution in [0, 0.1) is 12.3 Å². The molecule has 0 fully saturated rings. The average molecular weight is 249 g/mol. The Morgan fingerprint density at radius 2 is 2.22 bits per heavy atom. The number of nitrogens with zero attached hydrogens (tertiary/aromatic N) is 2. The summed E-state index contributed by atoms with van der Waals surface area (Å²) in [5, 5.41) is 8.01. The SMILES string of the molecule is C=CC(C)(CNC(C)C)Cc1cc(C)nn1CC. The van der Waals surface area contributed by atoms with E-state index in [9.17, 15) is 0 Å². The van der Waals surface area contributed by atoms with Crippen LogP contribution in [0.2, 0.25) is 0 Å². The lowest BCUT2D eigenvalue weighted by Gasteiger charge is -2.27. The minimum Gasteiger partial charge on any atom is -0.314 e. The van der Waals surface area contributed by atoms with Gasteiger partial charge in [-0.3, -0.25) is 4.68 Å². The third kappa shape index (κ3) is 3.98. The molecule has 0 saturated carbocycles. The second-order valence-corrected chi connectivity index (χ2v) is 5.66. The van der Waals surface area contributed by atoms with E-state index in [1.165, 1.54) is 5.69 Å². The molecule has 3 nitrogen and oxygen atoms in total. The highest BCUT2D eigenvalue weighted by Gasteiger charge is 2.23. The summed E-state index contributed by atoms with van der Waals surface area (Å²) in [5.41, 5.74) is 2.46. The predicted molar refractivity (Wildman–Crippen MR) is 77.8 cm³/mol. The summed E-state index contributed by atoms with van der Waals surface area (Å²) in [6, 6.07) is 2.68. The Morgan fingerprint density at radius 3 is 2.72 bits per heavy atom. The van der Waals surface area contributed by atoms with Gasteiger partial charge in [0.15, 0.2) is 0 Å². The summed E-state index contributed by atoms with van der Waals surface area (Å²) in [6.07, 6.45) is 3.04. The van der Waals surface area contributed by atoms with Gasteiger partial charge in [-0.15, -0.1) is 6.58 Å². The zero-order valence-electron chi connectivity index (χ0n) is 12.5. The summed E-state index contributed by atoms with van der Waals surface area (Å²) in [7, 11) is 0. The number of aromatic nitrogens is 2. The van der Waals surface area contributed by atoms with Gasteiger partial charge in [-0.05, 0) is 26.3 Å². The molecule has 1 heterocycles. The molecule has 1 rings (SSSR count). The van der Waals surface area contributed by atoms with Crippen molar-refractivity contribution in [2.24, 2.45) is 5.41 Å². The van der Waals surface area contributed by atoms with Crippen molar-refractivity contribution >= 4 is 0 Å². The van der Waals surface area contributed by atoms with Crippen molar-refractivity contribution in [2.45, 2.75) is 53.6 Å². The lowest BCUT2D eigenvalue weighted by Crippen LogP contribution is -2.36. The molecule has 1 aromatic rings. The predicted octanol–water partition coefficient (Wildman–Crippen LogP) is 2.94. The van der Waals surface area contributed by atoms with E-state index in [4.69, 9.17) is 0 Å². The maximum absolute atomic E-state index is 4.50. The highest BCUT2D eigenvalue weighted by Crippen LogP contribution is 2.24. The van der Waals surface area contributed by atoms with E-state index in [-0.39, 0.29) is 5.41 Å². The van der Waals surface area contributed by atoms with Gasteiger partial charge in [-0.2, -0.15) is 5.10 Å². The zero-order chi connectivity index (χ0) is 13.8. The van der Waals surface area contributed by atoms with Crippen molar-refractivity contribution in [1.29, 1.82) is 0 Å². The van der Waals surface area contributed by atoms with Gasteiger partial charge < -0.3 is 5.32 Å². The molecule has 0 spiro atoms. The summed E-state index contributed by atoms with van der Waals surface area (Å²) >= 11 is 0. The quantitative estimate of drug-likeness (QED) is 0.753. The fraction of sp³-hybridized carbons (Fsp3) is 0.667. The van der Waals surface area contributed by atoms with Crippen molar-refractivity contribution in [2.75, 3.05) is 6.54 Å². The maximum Gasteiger partial charge on any atom is 0.0596 e. The van der Waals surface area contributed by atoms with E-state index in [0.29, 0.717) is 6.04 Å². The molecule has 1 aromatic heterocycles. The first kappa shape index (κ1) is 15.0. The number of nitrogens with one attached hydrogen (secondary N) is 1. The molecule has 3 heteroatoms. The average Bonchev–Trinajstić information content (AvgIpc) is 2.66. The van der Waals surface area contributed by atoms with Gasteiger partial charge in [0.05, 0.1) is 5.69 Å². The highest BCUT2D eigenvalue weighted by atomic mass is 15.3. The molecule has 102 valence electrons. The van der Waals surface area contributed by atoms with E-state index in [1.54, 1.807) is 0 Å². The van der Waals surface area contributed by atoms with Gasteiger partial charge in [0.25, 0.3) is 0 Å². The Morgan fingerprint density at radius 1 is 1.56 bits per heavy atom. The fourth-order valence-electron chi connectivity index (χ4n) is 2.07. The van der Waals surface area contributed by atoms with E-state index in [2.05, 4.69) is 61.5 Å². The highest BCUT2D eigenvalue weighted by molar-refractivity contribution is 5.13. The van der Waals surface area contributed by atoms with E-state index in [0.717, 1.165) is 25.2 Å². The number of hydrogen-bond donors (Lipinski definition) is 1. The van der Waals surface area contributed by atoms with Crippen LogP contribution in [0.15, 0.2) is 18.7 Å². The van der Waals surface area contributed by atoms with Crippen molar-refractivity contribution < 1.29 is 0 Å². The molecule has 0 aliphatic rings. The topological polar surface area (TPSA) is 29.9 Å².